The largest absolute Gasteiger partial charge is 0.465 e. The molecule has 0 spiro atoms. The van der Waals surface area contributed by atoms with Gasteiger partial charge in [-0.05, 0) is 45.0 Å². The average molecular weight is 452 g/mol. The van der Waals surface area contributed by atoms with E-state index in [0.29, 0.717) is 0 Å². The van der Waals surface area contributed by atoms with Gasteiger partial charge in [0.25, 0.3) is 0 Å². The van der Waals surface area contributed by atoms with E-state index >= 15 is 0 Å². The van der Waals surface area contributed by atoms with Gasteiger partial charge in [-0.2, -0.15) is 5.10 Å². The first kappa shape index (κ1) is 21.9. The second-order valence-corrected chi connectivity index (χ2v) is 9.31. The van der Waals surface area contributed by atoms with E-state index in [9.17, 15) is 9.90 Å². The van der Waals surface area contributed by atoms with Gasteiger partial charge in [0.05, 0.1) is 16.7 Å². The summed E-state index contributed by atoms with van der Waals surface area (Å²) in [4.78, 5) is 23.5. The lowest BCUT2D eigenvalue weighted by Gasteiger charge is -2.33. The number of fused-ring (bicyclic) bond motifs is 3. The summed E-state index contributed by atoms with van der Waals surface area (Å²) in [6, 6.07) is 5.96. The molecule has 3 aromatic rings. The Kier molecular flexibility index (Phi) is 6.07. The van der Waals surface area contributed by atoms with Crippen molar-refractivity contribution < 1.29 is 9.90 Å². The molecule has 0 bridgehead atoms. The van der Waals surface area contributed by atoms with Gasteiger partial charge in [-0.1, -0.05) is 0 Å². The molecule has 9 nitrogen and oxygen atoms in total. The summed E-state index contributed by atoms with van der Waals surface area (Å²) in [7, 11) is 2.18. The highest BCUT2D eigenvalue weighted by molar-refractivity contribution is 5.94. The van der Waals surface area contributed by atoms with Crippen molar-refractivity contribution in [1.82, 2.24) is 29.1 Å². The zero-order valence-electron chi connectivity index (χ0n) is 19.5. The van der Waals surface area contributed by atoms with Gasteiger partial charge in [0.1, 0.15) is 5.82 Å². The van der Waals surface area contributed by atoms with Crippen molar-refractivity contribution in [2.24, 2.45) is 0 Å². The van der Waals surface area contributed by atoms with Gasteiger partial charge in [0.15, 0.2) is 0 Å². The number of anilines is 1. The van der Waals surface area contributed by atoms with Crippen LogP contribution in [-0.4, -0.2) is 86.1 Å². The van der Waals surface area contributed by atoms with Crippen LogP contribution in [0.25, 0.3) is 11.0 Å². The molecule has 2 aromatic heterocycles. The molecule has 33 heavy (non-hydrogen) atoms. The molecule has 1 atom stereocenters. The molecular formula is C24H33N7O2. The summed E-state index contributed by atoms with van der Waals surface area (Å²) in [6.45, 7) is 9.01. The quantitative estimate of drug-likeness (QED) is 0.620. The minimum absolute atomic E-state index is 0.0222. The molecule has 0 saturated carbocycles. The molecule has 1 amide bonds. The maximum Gasteiger partial charge on any atom is 0.412 e. The number of imidazole rings is 1. The van der Waals surface area contributed by atoms with Crippen molar-refractivity contribution in [2.45, 2.75) is 45.3 Å². The maximum absolute atomic E-state index is 12.0. The van der Waals surface area contributed by atoms with Crippen LogP contribution >= 0.6 is 0 Å². The van der Waals surface area contributed by atoms with Gasteiger partial charge >= 0.3 is 6.09 Å². The predicted molar refractivity (Wildman–Crippen MR) is 128 cm³/mol. The highest BCUT2D eigenvalue weighted by Gasteiger charge is 2.30. The van der Waals surface area contributed by atoms with Crippen LogP contribution in [0.4, 0.5) is 10.5 Å². The topological polar surface area (TPSA) is 82.7 Å². The number of likely N-dealkylation sites (N-methyl/N-ethyl adjacent to an activating group) is 1. The molecule has 5 rings (SSSR count). The molecule has 4 heterocycles. The predicted octanol–water partition coefficient (Wildman–Crippen LogP) is 2.54. The second kappa shape index (κ2) is 9.15. The number of carboxylic acid groups (broad SMARTS) is 1. The van der Waals surface area contributed by atoms with Gasteiger partial charge in [-0.3, -0.25) is 14.5 Å². The molecule has 0 radical (unpaired) electrons. The van der Waals surface area contributed by atoms with Crippen molar-refractivity contribution >= 4 is 22.8 Å². The zero-order valence-corrected chi connectivity index (χ0v) is 19.5. The molecular weight excluding hydrogens is 418 g/mol. The Hall–Kier alpha value is -2.91. The summed E-state index contributed by atoms with van der Waals surface area (Å²) in [6.07, 6.45) is 5.34. The van der Waals surface area contributed by atoms with Crippen LogP contribution in [0, 0.1) is 0 Å². The van der Waals surface area contributed by atoms with Crippen LogP contribution in [0.1, 0.15) is 24.7 Å². The van der Waals surface area contributed by atoms with Crippen molar-refractivity contribution in [3.8, 4) is 0 Å². The number of rotatable bonds is 6. The van der Waals surface area contributed by atoms with E-state index in [4.69, 9.17) is 4.98 Å². The van der Waals surface area contributed by atoms with Crippen molar-refractivity contribution in [2.75, 3.05) is 44.7 Å². The summed E-state index contributed by atoms with van der Waals surface area (Å²) in [5.74, 6) is 1.04. The van der Waals surface area contributed by atoms with E-state index < -0.39 is 6.09 Å². The Bertz CT molecular complexity index is 1120. The van der Waals surface area contributed by atoms with E-state index in [2.05, 4.69) is 32.6 Å². The molecule has 9 heteroatoms. The SMILES string of the molecule is C[C@H]1CCc2c(ccc3c2nc(CCn2cccn2)n3CCN2CCN(C)CC2)N1C(=O)O. The van der Waals surface area contributed by atoms with Crippen LogP contribution in [0.5, 0.6) is 0 Å². The monoisotopic (exact) mass is 451 g/mol. The summed E-state index contributed by atoms with van der Waals surface area (Å²) in [5, 5.41) is 14.2. The number of hydrogen-bond donors (Lipinski definition) is 1. The first-order valence-electron chi connectivity index (χ1n) is 11.9. The Morgan fingerprint density at radius 3 is 2.70 bits per heavy atom. The Morgan fingerprint density at radius 2 is 1.97 bits per heavy atom. The van der Waals surface area contributed by atoms with Crippen molar-refractivity contribution in [1.29, 1.82) is 0 Å². The zero-order chi connectivity index (χ0) is 22.9. The lowest BCUT2D eigenvalue weighted by molar-refractivity contribution is 0.150. The highest BCUT2D eigenvalue weighted by Crippen LogP contribution is 2.36. The standard InChI is InChI=1S/C24H33N7O2/c1-18-4-5-19-20(31(18)24(32)33)6-7-21-23(19)26-22(8-11-29-10-3-9-25-29)30(21)17-16-28-14-12-27(2)13-15-28/h3,6-7,9-10,18H,4-5,8,11-17H2,1-2H3,(H,32,33)/t18-/m0/s1. The third-order valence-electron chi connectivity index (χ3n) is 7.16. The van der Waals surface area contributed by atoms with Gasteiger partial charge in [-0.15, -0.1) is 0 Å². The lowest BCUT2D eigenvalue weighted by Crippen LogP contribution is -2.45. The smallest absolute Gasteiger partial charge is 0.412 e. The number of nitrogens with zero attached hydrogens (tertiary/aromatic N) is 7. The third-order valence-corrected chi connectivity index (χ3v) is 7.16. The third kappa shape index (κ3) is 4.35. The van der Waals surface area contributed by atoms with Gasteiger partial charge < -0.3 is 14.6 Å². The van der Waals surface area contributed by atoms with E-state index in [1.807, 2.05) is 29.9 Å². The van der Waals surface area contributed by atoms with Crippen LogP contribution < -0.4 is 4.90 Å². The second-order valence-electron chi connectivity index (χ2n) is 9.31. The van der Waals surface area contributed by atoms with E-state index in [1.165, 1.54) is 4.90 Å². The summed E-state index contributed by atoms with van der Waals surface area (Å²) >= 11 is 0. The molecule has 1 fully saturated rings. The molecule has 176 valence electrons. The van der Waals surface area contributed by atoms with Gasteiger partial charge in [0.2, 0.25) is 0 Å². The fourth-order valence-electron chi connectivity index (χ4n) is 5.17. The molecule has 1 N–H and O–H groups in total. The number of amides is 1. The first-order chi connectivity index (χ1) is 16.0. The van der Waals surface area contributed by atoms with Crippen molar-refractivity contribution in [3.63, 3.8) is 0 Å². The summed E-state index contributed by atoms with van der Waals surface area (Å²) in [5.41, 5.74) is 3.92. The molecule has 0 aliphatic carbocycles. The Labute approximate surface area is 194 Å². The van der Waals surface area contributed by atoms with E-state index in [0.717, 1.165) is 93.2 Å². The normalized spacial score (nSPS) is 19.8. The number of carbonyl (C=O) groups is 1. The molecule has 0 unspecified atom stereocenters. The number of hydrogen-bond acceptors (Lipinski definition) is 5. The van der Waals surface area contributed by atoms with Gasteiger partial charge in [0, 0.05) is 76.2 Å². The Balaban J connectivity index is 1.48. The molecule has 2 aliphatic rings. The lowest BCUT2D eigenvalue weighted by atomic mass is 9.96. The minimum atomic E-state index is -0.892. The Morgan fingerprint density at radius 1 is 1.15 bits per heavy atom. The number of piperazine rings is 1. The van der Waals surface area contributed by atoms with Gasteiger partial charge in [-0.25, -0.2) is 9.78 Å². The average Bonchev–Trinajstić information content (AvgIpc) is 3.44. The number of aromatic nitrogens is 4. The van der Waals surface area contributed by atoms with E-state index in [-0.39, 0.29) is 6.04 Å². The fourth-order valence-corrected chi connectivity index (χ4v) is 5.17. The molecule has 1 saturated heterocycles. The summed E-state index contributed by atoms with van der Waals surface area (Å²) < 4.78 is 4.29. The number of aryl methyl sites for hydroxylation is 3. The van der Waals surface area contributed by atoms with Crippen LogP contribution in [0.15, 0.2) is 30.6 Å². The molecule has 1 aromatic carbocycles. The van der Waals surface area contributed by atoms with Crippen LogP contribution in [-0.2, 0) is 25.9 Å². The van der Waals surface area contributed by atoms with Crippen LogP contribution in [0.3, 0.4) is 0 Å². The van der Waals surface area contributed by atoms with E-state index in [1.54, 1.807) is 6.20 Å². The maximum atomic E-state index is 12.0. The number of benzene rings is 1. The van der Waals surface area contributed by atoms with Crippen LogP contribution in [0.2, 0.25) is 0 Å². The van der Waals surface area contributed by atoms with Crippen molar-refractivity contribution in [3.05, 3.63) is 42.0 Å². The fraction of sp³-hybridized carbons (Fsp3) is 0.542. The molecule has 2 aliphatic heterocycles. The first-order valence-corrected chi connectivity index (χ1v) is 11.9. The minimum Gasteiger partial charge on any atom is -0.465 e. The highest BCUT2D eigenvalue weighted by atomic mass is 16.4.